The van der Waals surface area contributed by atoms with Crippen molar-refractivity contribution in [2.45, 2.75) is 39.2 Å². The summed E-state index contributed by atoms with van der Waals surface area (Å²) in [4.78, 5) is 25.3. The minimum Gasteiger partial charge on any atom is -0.481 e. The standard InChI is InChI=1S/C14H23NO4S/c1-13(2,3)19-12(18)15-7-10(11(16)17)14(8-15)5-4-6-20-9-14/h10H,4-9H2,1-3H3,(H,16,17). The molecule has 0 aromatic carbocycles. The predicted octanol–water partition coefficient (Wildman–Crippen LogP) is 2.45. The zero-order chi connectivity index (χ0) is 15.0. The Morgan fingerprint density at radius 2 is 2.10 bits per heavy atom. The van der Waals surface area contributed by atoms with E-state index in [0.717, 1.165) is 24.3 Å². The molecular formula is C14H23NO4S. The van der Waals surface area contributed by atoms with E-state index in [9.17, 15) is 14.7 Å². The molecular weight excluding hydrogens is 278 g/mol. The van der Waals surface area contributed by atoms with Crippen molar-refractivity contribution in [3.8, 4) is 0 Å². The van der Waals surface area contributed by atoms with Gasteiger partial charge in [-0.05, 0) is 39.4 Å². The third kappa shape index (κ3) is 3.22. The van der Waals surface area contributed by atoms with Crippen molar-refractivity contribution in [2.75, 3.05) is 24.6 Å². The predicted molar refractivity (Wildman–Crippen MR) is 77.9 cm³/mol. The Bertz CT molecular complexity index is 398. The van der Waals surface area contributed by atoms with Gasteiger partial charge < -0.3 is 14.7 Å². The molecule has 2 aliphatic rings. The minimum absolute atomic E-state index is 0.269. The molecule has 0 bridgehead atoms. The van der Waals surface area contributed by atoms with Gasteiger partial charge in [0.05, 0.1) is 5.92 Å². The summed E-state index contributed by atoms with van der Waals surface area (Å²) in [5.41, 5.74) is -0.821. The highest BCUT2D eigenvalue weighted by atomic mass is 32.2. The molecule has 0 aliphatic carbocycles. The SMILES string of the molecule is CC(C)(C)OC(=O)N1CC(C(=O)O)C2(CCCSC2)C1. The van der Waals surface area contributed by atoms with Crippen LogP contribution in [-0.2, 0) is 9.53 Å². The first-order chi connectivity index (χ1) is 9.23. The Kier molecular flexibility index (Phi) is 4.23. The van der Waals surface area contributed by atoms with Crippen molar-refractivity contribution in [2.24, 2.45) is 11.3 Å². The first kappa shape index (κ1) is 15.5. The van der Waals surface area contributed by atoms with Gasteiger partial charge in [0.15, 0.2) is 0 Å². The van der Waals surface area contributed by atoms with Gasteiger partial charge in [0.1, 0.15) is 5.60 Å². The molecule has 1 N–H and O–H groups in total. The Balaban J connectivity index is 2.12. The normalized spacial score (nSPS) is 30.6. The summed E-state index contributed by atoms with van der Waals surface area (Å²) in [6.45, 7) is 6.24. The minimum atomic E-state index is -0.793. The quantitative estimate of drug-likeness (QED) is 0.806. The van der Waals surface area contributed by atoms with Crippen molar-refractivity contribution in [3.05, 3.63) is 0 Å². The van der Waals surface area contributed by atoms with Crippen LogP contribution in [0.2, 0.25) is 0 Å². The zero-order valence-corrected chi connectivity index (χ0v) is 13.2. The topological polar surface area (TPSA) is 66.8 Å². The first-order valence-electron chi connectivity index (χ1n) is 7.02. The third-order valence-corrected chi connectivity index (χ3v) is 5.31. The molecule has 0 aromatic rings. The smallest absolute Gasteiger partial charge is 0.410 e. The number of amides is 1. The van der Waals surface area contributed by atoms with Gasteiger partial charge in [-0.1, -0.05) is 0 Å². The number of carboxylic acids is 1. The molecule has 20 heavy (non-hydrogen) atoms. The number of likely N-dealkylation sites (tertiary alicyclic amines) is 1. The molecule has 2 atom stereocenters. The number of ether oxygens (including phenoxy) is 1. The van der Waals surface area contributed by atoms with Crippen LogP contribution in [0.3, 0.4) is 0 Å². The summed E-state index contributed by atoms with van der Waals surface area (Å²) in [6, 6.07) is 0. The second-order valence-corrected chi connectivity index (χ2v) is 7.88. The number of hydrogen-bond donors (Lipinski definition) is 1. The zero-order valence-electron chi connectivity index (χ0n) is 12.3. The van der Waals surface area contributed by atoms with Crippen molar-refractivity contribution in [1.29, 1.82) is 0 Å². The van der Waals surface area contributed by atoms with Crippen molar-refractivity contribution in [1.82, 2.24) is 4.90 Å². The highest BCUT2D eigenvalue weighted by Gasteiger charge is 2.52. The van der Waals surface area contributed by atoms with Gasteiger partial charge in [-0.2, -0.15) is 11.8 Å². The lowest BCUT2D eigenvalue weighted by Gasteiger charge is -2.35. The number of carboxylic acid groups (broad SMARTS) is 1. The highest BCUT2D eigenvalue weighted by molar-refractivity contribution is 7.99. The summed E-state index contributed by atoms with van der Waals surface area (Å²) < 4.78 is 5.37. The average molecular weight is 301 g/mol. The Morgan fingerprint density at radius 1 is 1.40 bits per heavy atom. The molecule has 2 unspecified atom stereocenters. The fourth-order valence-electron chi connectivity index (χ4n) is 3.05. The molecule has 5 nitrogen and oxygen atoms in total. The van der Waals surface area contributed by atoms with Gasteiger partial charge >= 0.3 is 12.1 Å². The first-order valence-corrected chi connectivity index (χ1v) is 8.17. The Hall–Kier alpha value is -0.910. The molecule has 0 radical (unpaired) electrons. The fraction of sp³-hybridized carbons (Fsp3) is 0.857. The van der Waals surface area contributed by atoms with Gasteiger partial charge in [-0.25, -0.2) is 4.79 Å². The number of hydrogen-bond acceptors (Lipinski definition) is 4. The molecule has 2 aliphatic heterocycles. The van der Waals surface area contributed by atoms with Gasteiger partial charge in [-0.15, -0.1) is 0 Å². The molecule has 1 amide bonds. The van der Waals surface area contributed by atoms with Crippen LogP contribution in [0, 0.1) is 11.3 Å². The number of thioether (sulfide) groups is 1. The van der Waals surface area contributed by atoms with Gasteiger partial charge in [0.2, 0.25) is 0 Å². The fourth-order valence-corrected chi connectivity index (χ4v) is 4.38. The van der Waals surface area contributed by atoms with E-state index in [1.807, 2.05) is 20.8 Å². The Morgan fingerprint density at radius 3 is 2.60 bits per heavy atom. The molecule has 0 saturated carbocycles. The molecule has 2 heterocycles. The van der Waals surface area contributed by atoms with E-state index in [1.165, 1.54) is 0 Å². The van der Waals surface area contributed by atoms with Crippen molar-refractivity contribution in [3.63, 3.8) is 0 Å². The summed E-state index contributed by atoms with van der Waals surface area (Å²) in [5.74, 6) is 0.644. The second-order valence-electron chi connectivity index (χ2n) is 6.77. The summed E-state index contributed by atoms with van der Waals surface area (Å²) >= 11 is 1.80. The summed E-state index contributed by atoms with van der Waals surface area (Å²) in [7, 11) is 0. The molecule has 1 spiro atoms. The van der Waals surface area contributed by atoms with Crippen LogP contribution in [-0.4, -0.2) is 52.3 Å². The number of carbonyl (C=O) groups is 2. The second kappa shape index (κ2) is 5.47. The lowest BCUT2D eigenvalue weighted by atomic mass is 9.76. The lowest BCUT2D eigenvalue weighted by Crippen LogP contribution is -2.40. The third-order valence-electron chi connectivity index (χ3n) is 3.95. The molecule has 0 aromatic heterocycles. The largest absolute Gasteiger partial charge is 0.481 e. The Labute approximate surface area is 124 Å². The van der Waals surface area contributed by atoms with E-state index in [0.29, 0.717) is 6.54 Å². The van der Waals surface area contributed by atoms with Crippen LogP contribution >= 0.6 is 11.8 Å². The maximum atomic E-state index is 12.2. The highest BCUT2D eigenvalue weighted by Crippen LogP contribution is 2.46. The van der Waals surface area contributed by atoms with Crippen LogP contribution in [0.4, 0.5) is 4.79 Å². The van der Waals surface area contributed by atoms with Crippen molar-refractivity contribution >= 4 is 23.8 Å². The van der Waals surface area contributed by atoms with E-state index in [-0.39, 0.29) is 12.0 Å². The van der Waals surface area contributed by atoms with Crippen LogP contribution in [0.25, 0.3) is 0 Å². The molecule has 114 valence electrons. The molecule has 6 heteroatoms. The number of nitrogens with zero attached hydrogens (tertiary/aromatic N) is 1. The lowest BCUT2D eigenvalue weighted by molar-refractivity contribution is -0.144. The maximum absolute atomic E-state index is 12.2. The van der Waals surface area contributed by atoms with Gasteiger partial charge in [-0.3, -0.25) is 4.79 Å². The number of aliphatic carboxylic acids is 1. The van der Waals surface area contributed by atoms with Crippen LogP contribution < -0.4 is 0 Å². The van der Waals surface area contributed by atoms with E-state index in [1.54, 1.807) is 16.7 Å². The van der Waals surface area contributed by atoms with Crippen molar-refractivity contribution < 1.29 is 19.4 Å². The monoisotopic (exact) mass is 301 g/mol. The van der Waals surface area contributed by atoms with Gasteiger partial charge in [0.25, 0.3) is 0 Å². The molecule has 2 fully saturated rings. The van der Waals surface area contributed by atoms with Gasteiger partial charge in [0, 0.05) is 24.3 Å². The number of rotatable bonds is 1. The van der Waals surface area contributed by atoms with Crippen LogP contribution in [0.1, 0.15) is 33.6 Å². The van der Waals surface area contributed by atoms with Crippen LogP contribution in [0.15, 0.2) is 0 Å². The molecule has 2 saturated heterocycles. The van der Waals surface area contributed by atoms with E-state index < -0.39 is 23.6 Å². The number of carbonyl (C=O) groups excluding carboxylic acids is 1. The van der Waals surface area contributed by atoms with Crippen LogP contribution in [0.5, 0.6) is 0 Å². The maximum Gasteiger partial charge on any atom is 0.410 e. The molecule has 2 rings (SSSR count). The summed E-state index contributed by atoms with van der Waals surface area (Å²) in [5, 5.41) is 9.47. The average Bonchev–Trinajstić information content (AvgIpc) is 2.67. The van der Waals surface area contributed by atoms with E-state index in [2.05, 4.69) is 0 Å². The van der Waals surface area contributed by atoms with E-state index in [4.69, 9.17) is 4.74 Å². The summed E-state index contributed by atoms with van der Waals surface area (Å²) in [6.07, 6.45) is 1.52. The van der Waals surface area contributed by atoms with E-state index >= 15 is 0 Å².